The molecule has 0 saturated carbocycles. The summed E-state index contributed by atoms with van der Waals surface area (Å²) in [6.07, 6.45) is 0.642. The molecule has 0 unspecified atom stereocenters. The first-order valence-electron chi connectivity index (χ1n) is 7.97. The summed E-state index contributed by atoms with van der Waals surface area (Å²) in [6, 6.07) is 17.7. The van der Waals surface area contributed by atoms with Crippen molar-refractivity contribution in [3.8, 4) is 0 Å². The van der Waals surface area contributed by atoms with E-state index in [-0.39, 0.29) is 17.9 Å². The number of amides is 1. The molecule has 4 heteroatoms. The first-order valence-corrected chi connectivity index (χ1v) is 7.97. The lowest BCUT2D eigenvalue weighted by molar-refractivity contribution is -0.137. The van der Waals surface area contributed by atoms with Gasteiger partial charge in [-0.2, -0.15) is 0 Å². The van der Waals surface area contributed by atoms with E-state index in [9.17, 15) is 4.79 Å². The van der Waals surface area contributed by atoms with Gasteiger partial charge in [0.1, 0.15) is 5.72 Å². The molecule has 0 aromatic heterocycles. The zero-order valence-electron chi connectivity index (χ0n) is 13.1. The number of carbonyl (C=O) groups excluding carboxylic acids is 1. The molecule has 2 fully saturated rings. The Labute approximate surface area is 135 Å². The average Bonchev–Trinajstić information content (AvgIpc) is 3.03. The van der Waals surface area contributed by atoms with E-state index in [1.165, 1.54) is 0 Å². The standard InChI is InChI=1S/C19H20N2O2/c1-19-11-15(14-9-5-6-10-16(14)20)18(22)21(19)17(12-23-19)13-7-3-2-4-8-13/h2-10,15,17H,11-12,20H2,1H3/t15-,17-,19-/m0/s1. The minimum atomic E-state index is -0.551. The summed E-state index contributed by atoms with van der Waals surface area (Å²) in [5, 5.41) is 0. The van der Waals surface area contributed by atoms with Crippen LogP contribution in [0.15, 0.2) is 54.6 Å². The SMILES string of the molecule is C[C@]12C[C@@H](c3ccccc3N)C(=O)N1[C@H](c1ccccc1)CO2. The number of para-hydroxylation sites is 1. The van der Waals surface area contributed by atoms with Gasteiger partial charge in [0.2, 0.25) is 5.91 Å². The van der Waals surface area contributed by atoms with Gasteiger partial charge in [-0.1, -0.05) is 48.5 Å². The molecule has 3 atom stereocenters. The van der Waals surface area contributed by atoms with E-state index >= 15 is 0 Å². The fraction of sp³-hybridized carbons (Fsp3) is 0.316. The first-order chi connectivity index (χ1) is 11.1. The molecule has 0 bridgehead atoms. The van der Waals surface area contributed by atoms with Crippen LogP contribution in [-0.4, -0.2) is 23.1 Å². The maximum Gasteiger partial charge on any atom is 0.233 e. The number of benzene rings is 2. The topological polar surface area (TPSA) is 55.6 Å². The monoisotopic (exact) mass is 308 g/mol. The Kier molecular flexibility index (Phi) is 3.16. The van der Waals surface area contributed by atoms with Crippen LogP contribution in [0.3, 0.4) is 0 Å². The van der Waals surface area contributed by atoms with Crippen molar-refractivity contribution in [3.63, 3.8) is 0 Å². The molecule has 0 aliphatic carbocycles. The van der Waals surface area contributed by atoms with Gasteiger partial charge in [-0.25, -0.2) is 0 Å². The molecule has 4 rings (SSSR count). The van der Waals surface area contributed by atoms with E-state index in [1.54, 1.807) is 0 Å². The van der Waals surface area contributed by atoms with Crippen LogP contribution in [-0.2, 0) is 9.53 Å². The van der Waals surface area contributed by atoms with E-state index in [0.29, 0.717) is 18.7 Å². The molecule has 2 heterocycles. The highest BCUT2D eigenvalue weighted by molar-refractivity contribution is 5.89. The minimum absolute atomic E-state index is 0.0244. The van der Waals surface area contributed by atoms with E-state index in [4.69, 9.17) is 10.5 Å². The number of fused-ring (bicyclic) bond motifs is 1. The average molecular weight is 308 g/mol. The molecule has 4 nitrogen and oxygen atoms in total. The largest absolute Gasteiger partial charge is 0.398 e. The molecule has 1 amide bonds. The first kappa shape index (κ1) is 14.3. The lowest BCUT2D eigenvalue weighted by Gasteiger charge is -2.29. The van der Waals surface area contributed by atoms with Crippen LogP contribution in [0.4, 0.5) is 5.69 Å². The number of nitrogens with zero attached hydrogens (tertiary/aromatic N) is 1. The summed E-state index contributed by atoms with van der Waals surface area (Å²) < 4.78 is 6.06. The number of ether oxygens (including phenoxy) is 1. The summed E-state index contributed by atoms with van der Waals surface area (Å²) in [6.45, 7) is 2.55. The van der Waals surface area contributed by atoms with Crippen molar-refractivity contribution in [2.75, 3.05) is 12.3 Å². The third-order valence-electron chi connectivity index (χ3n) is 5.05. The molecule has 2 saturated heterocycles. The van der Waals surface area contributed by atoms with Crippen molar-refractivity contribution in [2.45, 2.75) is 31.0 Å². The highest BCUT2D eigenvalue weighted by atomic mass is 16.5. The molecule has 2 aliphatic heterocycles. The molecule has 23 heavy (non-hydrogen) atoms. The van der Waals surface area contributed by atoms with Gasteiger partial charge in [0.25, 0.3) is 0 Å². The minimum Gasteiger partial charge on any atom is -0.398 e. The highest BCUT2D eigenvalue weighted by Gasteiger charge is 2.56. The quantitative estimate of drug-likeness (QED) is 0.868. The maximum atomic E-state index is 13.1. The summed E-state index contributed by atoms with van der Waals surface area (Å²) in [5.41, 5.74) is 8.24. The smallest absolute Gasteiger partial charge is 0.233 e. The second-order valence-electron chi connectivity index (χ2n) is 6.51. The van der Waals surface area contributed by atoms with Gasteiger partial charge >= 0.3 is 0 Å². The number of nitrogens with two attached hydrogens (primary N) is 1. The molecular formula is C19H20N2O2. The molecule has 2 aliphatic rings. The van der Waals surface area contributed by atoms with Crippen LogP contribution in [0, 0.1) is 0 Å². The summed E-state index contributed by atoms with van der Waals surface area (Å²) in [4.78, 5) is 15.0. The van der Waals surface area contributed by atoms with Gasteiger partial charge in [-0.15, -0.1) is 0 Å². The van der Waals surface area contributed by atoms with Crippen LogP contribution in [0.2, 0.25) is 0 Å². The number of carbonyl (C=O) groups is 1. The highest BCUT2D eigenvalue weighted by Crippen LogP contribution is 2.50. The molecular weight excluding hydrogens is 288 g/mol. The number of rotatable bonds is 2. The summed E-state index contributed by atoms with van der Waals surface area (Å²) in [5.74, 6) is -0.121. The van der Waals surface area contributed by atoms with Gasteiger partial charge in [-0.3, -0.25) is 4.79 Å². The normalized spacial score (nSPS) is 29.8. The second-order valence-corrected chi connectivity index (χ2v) is 6.51. The van der Waals surface area contributed by atoms with Gasteiger partial charge in [0.15, 0.2) is 0 Å². The van der Waals surface area contributed by atoms with Crippen molar-refractivity contribution in [1.82, 2.24) is 4.90 Å². The van der Waals surface area contributed by atoms with Crippen molar-refractivity contribution < 1.29 is 9.53 Å². The van der Waals surface area contributed by atoms with Gasteiger partial charge in [0, 0.05) is 12.1 Å². The van der Waals surface area contributed by atoms with Crippen LogP contribution >= 0.6 is 0 Å². The number of hydrogen-bond acceptors (Lipinski definition) is 3. The van der Waals surface area contributed by atoms with E-state index in [2.05, 4.69) is 12.1 Å². The molecule has 0 radical (unpaired) electrons. The van der Waals surface area contributed by atoms with Crippen LogP contribution in [0.25, 0.3) is 0 Å². The third-order valence-corrected chi connectivity index (χ3v) is 5.05. The van der Waals surface area contributed by atoms with Crippen LogP contribution < -0.4 is 5.73 Å². The third kappa shape index (κ3) is 2.13. The Morgan fingerprint density at radius 3 is 2.57 bits per heavy atom. The maximum absolute atomic E-state index is 13.1. The number of hydrogen-bond donors (Lipinski definition) is 1. The van der Waals surface area contributed by atoms with Crippen molar-refractivity contribution >= 4 is 11.6 Å². The Balaban J connectivity index is 1.71. The molecule has 0 spiro atoms. The molecule has 118 valence electrons. The summed E-state index contributed by atoms with van der Waals surface area (Å²) in [7, 11) is 0. The van der Waals surface area contributed by atoms with Gasteiger partial charge in [-0.05, 0) is 24.1 Å². The number of nitrogen functional groups attached to an aromatic ring is 1. The zero-order chi connectivity index (χ0) is 16.0. The van der Waals surface area contributed by atoms with E-state index < -0.39 is 5.72 Å². The molecule has 2 N–H and O–H groups in total. The lowest BCUT2D eigenvalue weighted by Crippen LogP contribution is -2.40. The Morgan fingerprint density at radius 2 is 1.83 bits per heavy atom. The predicted molar refractivity (Wildman–Crippen MR) is 88.6 cm³/mol. The second kappa shape index (κ2) is 5.10. The number of anilines is 1. The van der Waals surface area contributed by atoms with Crippen molar-refractivity contribution in [2.24, 2.45) is 0 Å². The summed E-state index contributed by atoms with van der Waals surface area (Å²) >= 11 is 0. The fourth-order valence-corrected chi connectivity index (χ4v) is 3.90. The van der Waals surface area contributed by atoms with Crippen LogP contribution in [0.5, 0.6) is 0 Å². The fourth-order valence-electron chi connectivity index (χ4n) is 3.90. The Morgan fingerprint density at radius 1 is 1.13 bits per heavy atom. The Bertz CT molecular complexity index is 746. The van der Waals surface area contributed by atoms with Gasteiger partial charge < -0.3 is 15.4 Å². The lowest BCUT2D eigenvalue weighted by atomic mass is 9.93. The Hall–Kier alpha value is -2.33. The van der Waals surface area contributed by atoms with Crippen LogP contribution in [0.1, 0.15) is 36.4 Å². The molecule has 2 aromatic carbocycles. The van der Waals surface area contributed by atoms with Gasteiger partial charge in [0.05, 0.1) is 18.6 Å². The predicted octanol–water partition coefficient (Wildman–Crippen LogP) is 3.07. The van der Waals surface area contributed by atoms with E-state index in [0.717, 1.165) is 11.1 Å². The zero-order valence-corrected chi connectivity index (χ0v) is 13.1. The van der Waals surface area contributed by atoms with Crippen molar-refractivity contribution in [1.29, 1.82) is 0 Å². The van der Waals surface area contributed by atoms with E-state index in [1.807, 2.05) is 54.3 Å². The van der Waals surface area contributed by atoms with Crippen molar-refractivity contribution in [3.05, 3.63) is 65.7 Å². The molecule has 2 aromatic rings.